The Kier molecular flexibility index (Phi) is 4.27. The number of rotatable bonds is 4. The van der Waals surface area contributed by atoms with Crippen LogP contribution in [0.25, 0.3) is 0 Å². The van der Waals surface area contributed by atoms with Gasteiger partial charge in [-0.1, -0.05) is 0 Å². The van der Waals surface area contributed by atoms with Gasteiger partial charge >= 0.3 is 0 Å². The maximum absolute atomic E-state index is 5.69. The van der Waals surface area contributed by atoms with Crippen molar-refractivity contribution < 1.29 is 0 Å². The monoisotopic (exact) mass is 148 g/mol. The maximum Gasteiger partial charge on any atom is 0.0223 e. The number of thiol groups is 1. The van der Waals surface area contributed by atoms with E-state index in [1.54, 1.807) is 0 Å². The van der Waals surface area contributed by atoms with Crippen LogP contribution in [0.2, 0.25) is 0 Å². The number of hydrogen-bond acceptors (Lipinski definition) is 3. The lowest BCUT2D eigenvalue weighted by Gasteiger charge is -2.18. The van der Waals surface area contributed by atoms with Crippen molar-refractivity contribution in [2.75, 3.05) is 18.8 Å². The second-order valence-corrected chi connectivity index (χ2v) is 3.34. The lowest BCUT2D eigenvalue weighted by Crippen LogP contribution is -2.43. The molecule has 0 aliphatic rings. The molecule has 0 spiro atoms. The summed E-state index contributed by atoms with van der Waals surface area (Å²) in [6, 6.07) is 0. The van der Waals surface area contributed by atoms with Gasteiger partial charge < -0.3 is 11.1 Å². The Morgan fingerprint density at radius 3 is 2.44 bits per heavy atom. The van der Waals surface area contributed by atoms with Crippen molar-refractivity contribution in [1.82, 2.24) is 5.32 Å². The summed E-state index contributed by atoms with van der Waals surface area (Å²) in [5.74, 6) is 0.871. The topological polar surface area (TPSA) is 38.0 Å². The molecule has 0 bridgehead atoms. The minimum absolute atomic E-state index is 0.0943. The molecular formula is C6H16N2S. The van der Waals surface area contributed by atoms with Gasteiger partial charge in [0, 0.05) is 24.4 Å². The van der Waals surface area contributed by atoms with E-state index in [2.05, 4.69) is 17.9 Å². The average molecular weight is 148 g/mol. The third-order valence-electron chi connectivity index (χ3n) is 0.869. The van der Waals surface area contributed by atoms with Crippen molar-refractivity contribution in [3.8, 4) is 0 Å². The summed E-state index contributed by atoms with van der Waals surface area (Å²) < 4.78 is 0. The predicted octanol–water partition coefficient (Wildman–Crippen LogP) is 0.243. The van der Waals surface area contributed by atoms with E-state index in [9.17, 15) is 0 Å². The van der Waals surface area contributed by atoms with Gasteiger partial charge in [-0.05, 0) is 13.8 Å². The van der Waals surface area contributed by atoms with Gasteiger partial charge in [-0.25, -0.2) is 0 Å². The van der Waals surface area contributed by atoms with Gasteiger partial charge in [0.25, 0.3) is 0 Å². The first-order valence-corrected chi connectivity index (χ1v) is 3.80. The van der Waals surface area contributed by atoms with Crippen molar-refractivity contribution in [1.29, 1.82) is 0 Å². The van der Waals surface area contributed by atoms with Crippen LogP contribution in [0.15, 0.2) is 0 Å². The fraction of sp³-hybridized carbons (Fsp3) is 1.00. The molecule has 0 unspecified atom stereocenters. The summed E-state index contributed by atoms with van der Waals surface area (Å²) in [6.45, 7) is 5.79. The lowest BCUT2D eigenvalue weighted by atomic mass is 10.1. The SMILES string of the molecule is CC(C)(N)CNCCS. The van der Waals surface area contributed by atoms with Gasteiger partial charge in [0.15, 0.2) is 0 Å². The zero-order chi connectivity index (χ0) is 7.33. The molecule has 0 saturated heterocycles. The van der Waals surface area contributed by atoms with E-state index < -0.39 is 0 Å². The molecule has 0 aromatic carbocycles. The quantitative estimate of drug-likeness (QED) is 0.395. The summed E-state index contributed by atoms with van der Waals surface area (Å²) in [7, 11) is 0. The molecule has 0 amide bonds. The number of nitrogens with two attached hydrogens (primary N) is 1. The summed E-state index contributed by atoms with van der Waals surface area (Å²) in [6.07, 6.45) is 0. The van der Waals surface area contributed by atoms with Crippen LogP contribution in [0.1, 0.15) is 13.8 Å². The fourth-order valence-electron chi connectivity index (χ4n) is 0.490. The van der Waals surface area contributed by atoms with Crippen LogP contribution in [-0.4, -0.2) is 24.4 Å². The van der Waals surface area contributed by atoms with Gasteiger partial charge in [0.05, 0.1) is 0 Å². The lowest BCUT2D eigenvalue weighted by molar-refractivity contribution is 0.476. The molecule has 9 heavy (non-hydrogen) atoms. The van der Waals surface area contributed by atoms with Gasteiger partial charge in [-0.3, -0.25) is 0 Å². The van der Waals surface area contributed by atoms with Crippen LogP contribution in [0.4, 0.5) is 0 Å². The van der Waals surface area contributed by atoms with Crippen LogP contribution in [0.3, 0.4) is 0 Å². The van der Waals surface area contributed by atoms with E-state index in [1.807, 2.05) is 13.8 Å². The smallest absolute Gasteiger partial charge is 0.0223 e. The van der Waals surface area contributed by atoms with Crippen LogP contribution in [0, 0.1) is 0 Å². The predicted molar refractivity (Wildman–Crippen MR) is 45.0 cm³/mol. The molecule has 0 fully saturated rings. The van der Waals surface area contributed by atoms with Crippen LogP contribution < -0.4 is 11.1 Å². The Morgan fingerprint density at radius 1 is 1.56 bits per heavy atom. The molecule has 2 nitrogen and oxygen atoms in total. The molecule has 0 rings (SSSR count). The molecule has 0 aliphatic carbocycles. The average Bonchev–Trinajstić information content (AvgIpc) is 1.63. The molecule has 0 saturated carbocycles. The Balaban J connectivity index is 3.07. The highest BCUT2D eigenvalue weighted by molar-refractivity contribution is 7.80. The Hall–Kier alpha value is 0.270. The second kappa shape index (κ2) is 4.14. The molecule has 3 N–H and O–H groups in total. The fourth-order valence-corrected chi connectivity index (χ4v) is 0.648. The van der Waals surface area contributed by atoms with E-state index in [4.69, 9.17) is 5.73 Å². The van der Waals surface area contributed by atoms with Gasteiger partial charge in [-0.2, -0.15) is 12.6 Å². The summed E-state index contributed by atoms with van der Waals surface area (Å²) in [5, 5.41) is 3.17. The molecular weight excluding hydrogens is 132 g/mol. The van der Waals surface area contributed by atoms with Crippen LogP contribution in [-0.2, 0) is 0 Å². The van der Waals surface area contributed by atoms with Crippen LogP contribution >= 0.6 is 12.6 Å². The maximum atomic E-state index is 5.69. The van der Waals surface area contributed by atoms with Crippen molar-refractivity contribution in [3.05, 3.63) is 0 Å². The zero-order valence-electron chi connectivity index (χ0n) is 6.15. The van der Waals surface area contributed by atoms with Gasteiger partial charge in [-0.15, -0.1) is 0 Å². The number of nitrogens with one attached hydrogen (secondary N) is 1. The molecule has 0 aromatic heterocycles. The Morgan fingerprint density at radius 2 is 2.11 bits per heavy atom. The van der Waals surface area contributed by atoms with E-state index in [-0.39, 0.29) is 5.54 Å². The standard InChI is InChI=1S/C6H16N2S/c1-6(2,7)5-8-3-4-9/h8-9H,3-5,7H2,1-2H3. The molecule has 0 heterocycles. The first-order valence-electron chi connectivity index (χ1n) is 3.17. The second-order valence-electron chi connectivity index (χ2n) is 2.89. The summed E-state index contributed by atoms with van der Waals surface area (Å²) in [5.41, 5.74) is 5.59. The van der Waals surface area contributed by atoms with Crippen molar-refractivity contribution in [2.45, 2.75) is 19.4 Å². The zero-order valence-corrected chi connectivity index (χ0v) is 7.04. The van der Waals surface area contributed by atoms with E-state index in [0.717, 1.165) is 18.8 Å². The molecule has 0 aromatic rings. The van der Waals surface area contributed by atoms with Crippen molar-refractivity contribution in [3.63, 3.8) is 0 Å². The molecule has 0 atom stereocenters. The van der Waals surface area contributed by atoms with Crippen molar-refractivity contribution in [2.24, 2.45) is 5.73 Å². The summed E-state index contributed by atoms with van der Waals surface area (Å²) in [4.78, 5) is 0. The minimum atomic E-state index is -0.0943. The molecule has 3 heteroatoms. The molecule has 0 radical (unpaired) electrons. The van der Waals surface area contributed by atoms with Crippen molar-refractivity contribution >= 4 is 12.6 Å². The third-order valence-corrected chi connectivity index (χ3v) is 1.09. The first kappa shape index (κ1) is 9.27. The summed E-state index contributed by atoms with van der Waals surface area (Å²) >= 11 is 4.05. The highest BCUT2D eigenvalue weighted by Crippen LogP contribution is 1.91. The van der Waals surface area contributed by atoms with E-state index in [1.165, 1.54) is 0 Å². The highest BCUT2D eigenvalue weighted by Gasteiger charge is 2.07. The Labute approximate surface area is 62.6 Å². The van der Waals surface area contributed by atoms with Gasteiger partial charge in [0.2, 0.25) is 0 Å². The molecule has 56 valence electrons. The normalized spacial score (nSPS) is 12.0. The minimum Gasteiger partial charge on any atom is -0.324 e. The third kappa shape index (κ3) is 8.27. The largest absolute Gasteiger partial charge is 0.324 e. The number of hydrogen-bond donors (Lipinski definition) is 3. The van der Waals surface area contributed by atoms with Crippen LogP contribution in [0.5, 0.6) is 0 Å². The Bertz CT molecular complexity index is 67.9. The van der Waals surface area contributed by atoms with Gasteiger partial charge in [0.1, 0.15) is 0 Å². The molecule has 0 aliphatic heterocycles. The van der Waals surface area contributed by atoms with E-state index >= 15 is 0 Å². The first-order chi connectivity index (χ1) is 4.06. The highest BCUT2D eigenvalue weighted by atomic mass is 32.1. The van der Waals surface area contributed by atoms with E-state index in [0.29, 0.717) is 0 Å².